The number of rotatable bonds is 10. The zero-order chi connectivity index (χ0) is 32.3. The van der Waals surface area contributed by atoms with Crippen LogP contribution in [0.4, 0.5) is 42.0 Å². The molecule has 2 saturated heterocycles. The number of carbonyl (C=O) groups excluding carboxylic acids is 1. The summed E-state index contributed by atoms with van der Waals surface area (Å²) in [5.74, 6) is -0.0189. The summed E-state index contributed by atoms with van der Waals surface area (Å²) in [5.41, 5.74) is 2.66. The number of hydrogen-bond donors (Lipinski definition) is 4. The fourth-order valence-corrected chi connectivity index (χ4v) is 6.54. The quantitative estimate of drug-likeness (QED) is 0.260. The Bertz CT molecular complexity index is 1540. The number of nitrogens with one attached hydrogen (secondary N) is 3. The normalized spacial score (nSPS) is 17.9. The first-order valence-corrected chi connectivity index (χ1v) is 15.6. The van der Waals surface area contributed by atoms with E-state index in [1.807, 2.05) is 18.2 Å². The number of ether oxygens (including phenoxy) is 1. The third-order valence-electron chi connectivity index (χ3n) is 9.03. The zero-order valence-corrected chi connectivity index (χ0v) is 25.7. The van der Waals surface area contributed by atoms with Crippen molar-refractivity contribution in [3.05, 3.63) is 59.3 Å². The lowest BCUT2D eigenvalue weighted by molar-refractivity contribution is -0.137. The van der Waals surface area contributed by atoms with Gasteiger partial charge in [-0.1, -0.05) is 12.1 Å². The van der Waals surface area contributed by atoms with Crippen LogP contribution in [0.2, 0.25) is 0 Å². The Hall–Kier alpha value is -4.14. The summed E-state index contributed by atoms with van der Waals surface area (Å²) < 4.78 is 47.3. The number of halogens is 3. The van der Waals surface area contributed by atoms with Crippen LogP contribution in [0.1, 0.15) is 29.5 Å². The summed E-state index contributed by atoms with van der Waals surface area (Å²) in [7, 11) is 1.55. The molecule has 46 heavy (non-hydrogen) atoms. The van der Waals surface area contributed by atoms with Crippen LogP contribution in [0.15, 0.2) is 42.6 Å². The molecule has 0 bridgehead atoms. The molecular formula is C32H39F3N8O3. The summed E-state index contributed by atoms with van der Waals surface area (Å²) in [6, 6.07) is 11.6. The smallest absolute Gasteiger partial charge is 0.421 e. The number of nitrogens with zero attached hydrogens (tertiary/aromatic N) is 5. The van der Waals surface area contributed by atoms with Crippen molar-refractivity contribution < 1.29 is 27.8 Å². The van der Waals surface area contributed by atoms with Crippen LogP contribution in [-0.4, -0.2) is 96.4 Å². The number of hydrogen-bond acceptors (Lipinski definition) is 10. The van der Waals surface area contributed by atoms with Gasteiger partial charge in [0.25, 0.3) is 0 Å². The van der Waals surface area contributed by atoms with E-state index in [9.17, 15) is 23.1 Å². The van der Waals surface area contributed by atoms with Crippen LogP contribution in [0.5, 0.6) is 5.75 Å². The minimum absolute atomic E-state index is 0.0182. The summed E-state index contributed by atoms with van der Waals surface area (Å²) in [5, 5.41) is 17.8. The van der Waals surface area contributed by atoms with Gasteiger partial charge in [-0.25, -0.2) is 4.98 Å². The molecule has 246 valence electrons. The van der Waals surface area contributed by atoms with Crippen LogP contribution in [0.3, 0.4) is 0 Å². The lowest BCUT2D eigenvalue weighted by Crippen LogP contribution is -2.53. The number of amides is 1. The Morgan fingerprint density at radius 1 is 1.09 bits per heavy atom. The number of aliphatic hydroxyl groups excluding tert-OH is 1. The van der Waals surface area contributed by atoms with Crippen molar-refractivity contribution in [1.82, 2.24) is 19.8 Å². The van der Waals surface area contributed by atoms with E-state index in [0.717, 1.165) is 76.1 Å². The molecule has 1 amide bonds. The van der Waals surface area contributed by atoms with Gasteiger partial charge in [0.15, 0.2) is 0 Å². The second kappa shape index (κ2) is 13.7. The van der Waals surface area contributed by atoms with E-state index < -0.39 is 11.7 Å². The molecule has 1 aromatic heterocycles. The van der Waals surface area contributed by atoms with Crippen LogP contribution < -0.4 is 25.6 Å². The molecule has 6 rings (SSSR count). The monoisotopic (exact) mass is 640 g/mol. The molecule has 0 spiro atoms. The maximum atomic E-state index is 13.9. The number of alkyl halides is 3. The van der Waals surface area contributed by atoms with Crippen molar-refractivity contribution in [1.29, 1.82) is 0 Å². The van der Waals surface area contributed by atoms with Gasteiger partial charge in [0.05, 0.1) is 25.8 Å². The van der Waals surface area contributed by atoms with Gasteiger partial charge in [-0.2, -0.15) is 18.2 Å². The van der Waals surface area contributed by atoms with Crippen molar-refractivity contribution in [2.24, 2.45) is 0 Å². The van der Waals surface area contributed by atoms with Gasteiger partial charge in [-0.15, -0.1) is 0 Å². The molecule has 3 aliphatic rings. The highest BCUT2D eigenvalue weighted by molar-refractivity contribution is 5.99. The lowest BCUT2D eigenvalue weighted by atomic mass is 10.0. The molecule has 11 nitrogen and oxygen atoms in total. The van der Waals surface area contributed by atoms with E-state index in [0.29, 0.717) is 28.7 Å². The molecular weight excluding hydrogens is 601 g/mol. The second-order valence-electron chi connectivity index (χ2n) is 11.8. The predicted octanol–water partition coefficient (Wildman–Crippen LogP) is 3.93. The number of carbonyl (C=O) groups is 1. The minimum Gasteiger partial charge on any atom is -0.494 e. The van der Waals surface area contributed by atoms with Gasteiger partial charge in [-0.3, -0.25) is 9.69 Å². The first-order chi connectivity index (χ1) is 22.2. The standard InChI is InChI=1S/C32H39F3N8O3/c1-46-28-17-23(43-13-11-42(12-14-43)22-7-9-41(10-8-22)15-16-44)5-6-27(28)39-31-37-20-25(32(33,34)35)30(40-31)36-19-21-3-2-4-26-24(21)18-29(45)38-26/h2-6,17,20,22,44H,7-16,18-19H2,1H3,(H,38,45)(H2,36,37,39,40). The number of benzene rings is 2. The zero-order valence-electron chi connectivity index (χ0n) is 25.7. The van der Waals surface area contributed by atoms with Crippen molar-refractivity contribution in [2.45, 2.75) is 38.0 Å². The second-order valence-corrected chi connectivity index (χ2v) is 11.8. The van der Waals surface area contributed by atoms with E-state index in [1.165, 1.54) is 0 Å². The molecule has 0 saturated carbocycles. The van der Waals surface area contributed by atoms with E-state index in [-0.39, 0.29) is 37.2 Å². The topological polar surface area (TPSA) is 118 Å². The molecule has 3 aliphatic heterocycles. The molecule has 0 radical (unpaired) electrons. The highest BCUT2D eigenvalue weighted by Crippen LogP contribution is 2.36. The molecule has 4 heterocycles. The maximum absolute atomic E-state index is 13.9. The average Bonchev–Trinajstić information content (AvgIpc) is 3.45. The van der Waals surface area contributed by atoms with E-state index in [4.69, 9.17) is 4.74 Å². The largest absolute Gasteiger partial charge is 0.494 e. The summed E-state index contributed by atoms with van der Waals surface area (Å²) >= 11 is 0. The van der Waals surface area contributed by atoms with E-state index in [2.05, 4.69) is 40.6 Å². The van der Waals surface area contributed by atoms with Gasteiger partial charge < -0.3 is 35.6 Å². The molecule has 2 fully saturated rings. The van der Waals surface area contributed by atoms with Gasteiger partial charge >= 0.3 is 6.18 Å². The van der Waals surface area contributed by atoms with Gasteiger partial charge in [0.2, 0.25) is 11.9 Å². The molecule has 4 N–H and O–H groups in total. The summed E-state index contributed by atoms with van der Waals surface area (Å²) in [4.78, 5) is 27.2. The van der Waals surface area contributed by atoms with Crippen LogP contribution >= 0.6 is 0 Å². The van der Waals surface area contributed by atoms with E-state index in [1.54, 1.807) is 25.3 Å². The number of aromatic nitrogens is 2. The van der Waals surface area contributed by atoms with Gasteiger partial charge in [0.1, 0.15) is 17.1 Å². The fourth-order valence-electron chi connectivity index (χ4n) is 6.54. The van der Waals surface area contributed by atoms with Crippen molar-refractivity contribution in [3.8, 4) is 5.75 Å². The maximum Gasteiger partial charge on any atom is 0.421 e. The number of likely N-dealkylation sites (tertiary alicyclic amines) is 1. The van der Waals surface area contributed by atoms with Crippen LogP contribution in [-0.2, 0) is 23.9 Å². The number of β-amino-alcohol motifs (C(OH)–C–C–N with tert-alkyl or cyclic N) is 1. The van der Waals surface area contributed by atoms with Gasteiger partial charge in [-0.05, 0) is 55.3 Å². The third kappa shape index (κ3) is 7.13. The van der Waals surface area contributed by atoms with Crippen LogP contribution in [0, 0.1) is 0 Å². The third-order valence-corrected chi connectivity index (χ3v) is 9.03. The Morgan fingerprint density at radius 2 is 1.87 bits per heavy atom. The Kier molecular flexibility index (Phi) is 9.47. The molecule has 14 heteroatoms. The molecule has 3 aromatic rings. The first kappa shape index (κ1) is 31.8. The van der Waals surface area contributed by atoms with Gasteiger partial charge in [0, 0.05) is 68.9 Å². The fraction of sp³-hybridized carbons (Fsp3) is 0.469. The average molecular weight is 641 g/mol. The number of piperidine rings is 1. The Labute approximate surface area is 265 Å². The number of fused-ring (bicyclic) bond motifs is 1. The van der Waals surface area contributed by atoms with E-state index >= 15 is 0 Å². The Morgan fingerprint density at radius 3 is 2.59 bits per heavy atom. The minimum atomic E-state index is -4.67. The number of aliphatic hydroxyl groups is 1. The molecule has 0 atom stereocenters. The number of piperazine rings is 1. The summed E-state index contributed by atoms with van der Waals surface area (Å²) in [6.45, 7) is 6.70. The highest BCUT2D eigenvalue weighted by Gasteiger charge is 2.35. The van der Waals surface area contributed by atoms with Crippen LogP contribution in [0.25, 0.3) is 0 Å². The summed E-state index contributed by atoms with van der Waals surface area (Å²) in [6.07, 6.45) is -1.51. The number of methoxy groups -OCH3 is 1. The lowest BCUT2D eigenvalue weighted by Gasteiger charge is -2.43. The molecule has 0 unspecified atom stereocenters. The molecule has 0 aliphatic carbocycles. The highest BCUT2D eigenvalue weighted by atomic mass is 19.4. The van der Waals surface area contributed by atoms with Crippen molar-refractivity contribution in [3.63, 3.8) is 0 Å². The molecule has 2 aromatic carbocycles. The SMILES string of the molecule is COc1cc(N2CCN(C3CCN(CCO)CC3)CC2)ccc1Nc1ncc(C(F)(F)F)c(NCc2cccc3c2CC(=O)N3)n1. The Balaban J connectivity index is 1.12. The van der Waals surface area contributed by atoms with Crippen molar-refractivity contribution >= 4 is 34.7 Å². The predicted molar refractivity (Wildman–Crippen MR) is 170 cm³/mol. The first-order valence-electron chi connectivity index (χ1n) is 15.6. The number of anilines is 5. The van der Waals surface area contributed by atoms with Crippen molar-refractivity contribution in [2.75, 3.05) is 80.4 Å².